The molecule has 21 heavy (non-hydrogen) atoms. The molecule has 2 aliphatic rings. The molecule has 2 aliphatic heterocycles. The van der Waals surface area contributed by atoms with E-state index in [1.807, 2.05) is 0 Å². The van der Waals surface area contributed by atoms with Crippen molar-refractivity contribution in [3.8, 4) is 0 Å². The Labute approximate surface area is 145 Å². The van der Waals surface area contributed by atoms with Crippen molar-refractivity contribution in [3.63, 3.8) is 0 Å². The van der Waals surface area contributed by atoms with Crippen molar-refractivity contribution in [2.24, 2.45) is 16.6 Å². The summed E-state index contributed by atoms with van der Waals surface area (Å²) in [5, 5.41) is 0. The van der Waals surface area contributed by atoms with E-state index in [-0.39, 0.29) is 24.0 Å². The van der Waals surface area contributed by atoms with Gasteiger partial charge in [0.15, 0.2) is 5.96 Å². The van der Waals surface area contributed by atoms with Gasteiger partial charge in [-0.25, -0.2) is 12.7 Å². The Morgan fingerprint density at radius 2 is 1.71 bits per heavy atom. The van der Waals surface area contributed by atoms with Crippen LogP contribution in [0.5, 0.6) is 0 Å². The van der Waals surface area contributed by atoms with Crippen LogP contribution in [-0.4, -0.2) is 62.6 Å². The highest BCUT2D eigenvalue weighted by Crippen LogP contribution is 2.19. The smallest absolute Gasteiger partial charge is 0.211 e. The van der Waals surface area contributed by atoms with Gasteiger partial charge in [-0.2, -0.15) is 0 Å². The molecule has 2 N–H and O–H groups in total. The summed E-state index contributed by atoms with van der Waals surface area (Å²) in [6.45, 7) is 3.98. The maximum absolute atomic E-state index is 11.4. The molecule has 2 rings (SSSR count). The molecule has 2 fully saturated rings. The monoisotopic (exact) mass is 430 g/mol. The number of nitrogens with zero attached hydrogens (tertiary/aromatic N) is 3. The second-order valence-corrected chi connectivity index (χ2v) is 7.83. The quantitative estimate of drug-likeness (QED) is 0.413. The number of nitrogens with two attached hydrogens (primary N) is 1. The normalized spacial score (nSPS) is 22.9. The van der Waals surface area contributed by atoms with Crippen LogP contribution in [0.1, 0.15) is 32.1 Å². The number of likely N-dealkylation sites (tertiary alicyclic amines) is 1. The summed E-state index contributed by atoms with van der Waals surface area (Å²) in [5.74, 6) is 1.12. The number of sulfonamides is 1. The molecule has 0 radical (unpaired) electrons. The lowest BCUT2D eigenvalue weighted by Gasteiger charge is -2.30. The SMILES string of the molecule is CS(=O)(=O)N1CCC(CN=C(N)N2CCCCC2)CC1.I. The molecule has 8 heteroatoms. The van der Waals surface area contributed by atoms with E-state index in [2.05, 4.69) is 9.89 Å². The second-order valence-electron chi connectivity index (χ2n) is 5.85. The third-order valence-electron chi connectivity index (χ3n) is 4.23. The van der Waals surface area contributed by atoms with Crippen LogP contribution in [0.3, 0.4) is 0 Å². The summed E-state index contributed by atoms with van der Waals surface area (Å²) in [5.41, 5.74) is 6.03. The predicted octanol–water partition coefficient (Wildman–Crippen LogP) is 1.08. The van der Waals surface area contributed by atoms with Crippen molar-refractivity contribution in [1.29, 1.82) is 0 Å². The molecule has 0 amide bonds. The van der Waals surface area contributed by atoms with Crippen molar-refractivity contribution in [2.75, 3.05) is 39.0 Å². The number of piperidine rings is 2. The fraction of sp³-hybridized carbons (Fsp3) is 0.923. The van der Waals surface area contributed by atoms with Crippen molar-refractivity contribution in [3.05, 3.63) is 0 Å². The standard InChI is InChI=1S/C13H26N4O2S.HI/c1-20(18,19)17-9-5-12(6-10-17)11-15-13(14)16-7-3-2-4-8-16;/h12H,2-11H2,1H3,(H2,14,15);1H. The van der Waals surface area contributed by atoms with Crippen LogP contribution in [0, 0.1) is 5.92 Å². The predicted molar refractivity (Wildman–Crippen MR) is 96.5 cm³/mol. The van der Waals surface area contributed by atoms with Gasteiger partial charge in [0, 0.05) is 32.7 Å². The molecule has 2 saturated heterocycles. The molecule has 0 aliphatic carbocycles. The zero-order valence-corrected chi connectivity index (χ0v) is 15.8. The molecule has 0 unspecified atom stereocenters. The minimum Gasteiger partial charge on any atom is -0.370 e. The third-order valence-corrected chi connectivity index (χ3v) is 5.54. The van der Waals surface area contributed by atoms with Crippen LogP contribution in [0.2, 0.25) is 0 Å². The summed E-state index contributed by atoms with van der Waals surface area (Å²) in [7, 11) is -3.03. The first-order valence-corrected chi connectivity index (χ1v) is 9.31. The van der Waals surface area contributed by atoms with Gasteiger partial charge in [-0.15, -0.1) is 24.0 Å². The molecule has 0 bridgehead atoms. The van der Waals surface area contributed by atoms with Crippen LogP contribution in [-0.2, 0) is 10.0 Å². The van der Waals surface area contributed by atoms with Crippen molar-refractivity contribution in [1.82, 2.24) is 9.21 Å². The Morgan fingerprint density at radius 3 is 2.24 bits per heavy atom. The van der Waals surface area contributed by atoms with Crippen LogP contribution < -0.4 is 5.73 Å². The number of halogens is 1. The van der Waals surface area contributed by atoms with E-state index in [0.29, 0.717) is 25.0 Å². The van der Waals surface area contributed by atoms with E-state index >= 15 is 0 Å². The van der Waals surface area contributed by atoms with Gasteiger partial charge in [0.1, 0.15) is 0 Å². The van der Waals surface area contributed by atoms with Gasteiger partial charge >= 0.3 is 0 Å². The Bertz CT molecular complexity index is 441. The molecule has 0 saturated carbocycles. The first-order valence-electron chi connectivity index (χ1n) is 7.47. The second kappa shape index (κ2) is 8.52. The average Bonchev–Trinajstić information content (AvgIpc) is 2.45. The molecule has 0 aromatic rings. The Hall–Kier alpha value is -0.0900. The Kier molecular flexibility index (Phi) is 7.69. The van der Waals surface area contributed by atoms with Gasteiger partial charge in [-0.1, -0.05) is 0 Å². The van der Waals surface area contributed by atoms with Crippen LogP contribution in [0.4, 0.5) is 0 Å². The van der Waals surface area contributed by atoms with Crippen LogP contribution >= 0.6 is 24.0 Å². The highest BCUT2D eigenvalue weighted by molar-refractivity contribution is 14.0. The van der Waals surface area contributed by atoms with Crippen molar-refractivity contribution in [2.45, 2.75) is 32.1 Å². The molecule has 0 spiro atoms. The van der Waals surface area contributed by atoms with Gasteiger partial charge in [0.2, 0.25) is 10.0 Å². The lowest BCUT2D eigenvalue weighted by molar-refractivity contribution is 0.278. The number of guanidine groups is 1. The number of aliphatic imine (C=N–C) groups is 1. The summed E-state index contributed by atoms with van der Waals surface area (Å²) in [6, 6.07) is 0. The van der Waals surface area contributed by atoms with E-state index < -0.39 is 10.0 Å². The Balaban J connectivity index is 0.00000220. The maximum Gasteiger partial charge on any atom is 0.211 e. The molecule has 0 aromatic carbocycles. The average molecular weight is 430 g/mol. The summed E-state index contributed by atoms with van der Waals surface area (Å²) in [4.78, 5) is 6.67. The lowest BCUT2D eigenvalue weighted by atomic mass is 9.98. The first-order chi connectivity index (χ1) is 9.47. The van der Waals surface area contributed by atoms with E-state index in [4.69, 9.17) is 5.73 Å². The maximum atomic E-state index is 11.4. The largest absolute Gasteiger partial charge is 0.370 e. The number of rotatable bonds is 3. The van der Waals surface area contributed by atoms with Gasteiger partial charge in [-0.3, -0.25) is 4.99 Å². The molecular weight excluding hydrogens is 403 g/mol. The van der Waals surface area contributed by atoms with Gasteiger partial charge in [0.05, 0.1) is 6.26 Å². The number of hydrogen-bond donors (Lipinski definition) is 1. The number of hydrogen-bond acceptors (Lipinski definition) is 3. The molecular formula is C13H27IN4O2S. The first kappa shape index (κ1) is 19.0. The van der Waals surface area contributed by atoms with Gasteiger partial charge in [-0.05, 0) is 38.0 Å². The molecule has 124 valence electrons. The Morgan fingerprint density at radius 1 is 1.14 bits per heavy atom. The summed E-state index contributed by atoms with van der Waals surface area (Å²) in [6.07, 6.45) is 6.72. The summed E-state index contributed by atoms with van der Waals surface area (Å²) >= 11 is 0. The highest BCUT2D eigenvalue weighted by Gasteiger charge is 2.24. The van der Waals surface area contributed by atoms with E-state index in [1.54, 1.807) is 4.31 Å². The molecule has 0 aromatic heterocycles. The summed E-state index contributed by atoms with van der Waals surface area (Å²) < 4.78 is 24.4. The van der Waals surface area contributed by atoms with Crippen molar-refractivity contribution >= 4 is 40.0 Å². The lowest BCUT2D eigenvalue weighted by Crippen LogP contribution is -2.42. The minimum absolute atomic E-state index is 0. The fourth-order valence-electron chi connectivity index (χ4n) is 2.87. The molecule has 6 nitrogen and oxygen atoms in total. The third kappa shape index (κ3) is 5.90. The zero-order chi connectivity index (χ0) is 14.6. The van der Waals surface area contributed by atoms with Crippen molar-refractivity contribution < 1.29 is 8.42 Å². The topological polar surface area (TPSA) is 79.0 Å². The van der Waals surface area contributed by atoms with E-state index in [9.17, 15) is 8.42 Å². The fourth-order valence-corrected chi connectivity index (χ4v) is 3.74. The van der Waals surface area contributed by atoms with Gasteiger partial charge < -0.3 is 10.6 Å². The highest BCUT2D eigenvalue weighted by atomic mass is 127. The van der Waals surface area contributed by atoms with Crippen LogP contribution in [0.15, 0.2) is 4.99 Å². The minimum atomic E-state index is -3.03. The molecule has 0 atom stereocenters. The molecule has 2 heterocycles. The zero-order valence-electron chi connectivity index (χ0n) is 12.7. The van der Waals surface area contributed by atoms with Crippen LogP contribution in [0.25, 0.3) is 0 Å². The van der Waals surface area contributed by atoms with E-state index in [0.717, 1.165) is 32.5 Å². The van der Waals surface area contributed by atoms with Gasteiger partial charge in [0.25, 0.3) is 0 Å². The van der Waals surface area contributed by atoms with E-state index in [1.165, 1.54) is 25.5 Å².